The molecule has 29 heavy (non-hydrogen) atoms. The summed E-state index contributed by atoms with van der Waals surface area (Å²) in [6, 6.07) is 7.45. The molecule has 0 spiro atoms. The molecule has 5 atom stereocenters. The Bertz CT molecular complexity index is 635. The van der Waals surface area contributed by atoms with Crippen molar-refractivity contribution in [2.45, 2.75) is 110 Å². The van der Waals surface area contributed by atoms with E-state index < -0.39 is 0 Å². The SMILES string of the molecule is CCCCOC1CCC2CC(C3CCc4cc(CCCC)ccc4C3)CCC2C1. The smallest absolute Gasteiger partial charge is 0.0578 e. The Balaban J connectivity index is 1.28. The quantitative estimate of drug-likeness (QED) is 0.412. The second-order valence-electron chi connectivity index (χ2n) is 10.5. The normalized spacial score (nSPS) is 31.9. The van der Waals surface area contributed by atoms with Gasteiger partial charge in [0.2, 0.25) is 0 Å². The molecule has 0 aromatic heterocycles. The highest BCUT2D eigenvalue weighted by molar-refractivity contribution is 5.34. The van der Waals surface area contributed by atoms with Gasteiger partial charge in [-0.25, -0.2) is 0 Å². The predicted molar refractivity (Wildman–Crippen MR) is 123 cm³/mol. The monoisotopic (exact) mass is 396 g/mol. The molecule has 3 aliphatic rings. The van der Waals surface area contributed by atoms with E-state index in [0.29, 0.717) is 6.10 Å². The van der Waals surface area contributed by atoms with Crippen molar-refractivity contribution in [3.8, 4) is 0 Å². The lowest BCUT2D eigenvalue weighted by atomic mass is 9.62. The van der Waals surface area contributed by atoms with E-state index in [1.165, 1.54) is 89.9 Å². The first kappa shape index (κ1) is 21.4. The first-order valence-electron chi connectivity index (χ1n) is 13.0. The van der Waals surface area contributed by atoms with E-state index in [9.17, 15) is 0 Å². The molecule has 0 aliphatic heterocycles. The molecule has 1 heteroatoms. The van der Waals surface area contributed by atoms with Crippen LogP contribution in [0.4, 0.5) is 0 Å². The fourth-order valence-electron chi connectivity index (χ4n) is 6.63. The summed E-state index contributed by atoms with van der Waals surface area (Å²) in [5.41, 5.74) is 4.92. The van der Waals surface area contributed by atoms with Gasteiger partial charge in [-0.2, -0.15) is 0 Å². The molecule has 0 N–H and O–H groups in total. The molecule has 1 nitrogen and oxygen atoms in total. The second-order valence-corrected chi connectivity index (χ2v) is 10.5. The minimum atomic E-state index is 0.572. The number of unbranched alkanes of at least 4 members (excludes halogenated alkanes) is 2. The maximum atomic E-state index is 6.19. The zero-order chi connectivity index (χ0) is 20.1. The highest BCUT2D eigenvalue weighted by Gasteiger charge is 2.38. The van der Waals surface area contributed by atoms with E-state index in [0.717, 1.165) is 30.3 Å². The van der Waals surface area contributed by atoms with E-state index in [1.807, 2.05) is 0 Å². The highest BCUT2D eigenvalue weighted by atomic mass is 16.5. The summed E-state index contributed by atoms with van der Waals surface area (Å²) in [5, 5.41) is 0. The maximum Gasteiger partial charge on any atom is 0.0578 e. The summed E-state index contributed by atoms with van der Waals surface area (Å²) in [6.45, 7) is 5.54. The number of rotatable bonds is 8. The molecule has 0 heterocycles. The van der Waals surface area contributed by atoms with Crippen molar-refractivity contribution in [2.75, 3.05) is 6.61 Å². The van der Waals surface area contributed by atoms with Crippen LogP contribution in [0.15, 0.2) is 18.2 Å². The number of aryl methyl sites for hydroxylation is 2. The lowest BCUT2D eigenvalue weighted by Gasteiger charge is -2.45. The van der Waals surface area contributed by atoms with Gasteiger partial charge in [0.15, 0.2) is 0 Å². The summed E-state index contributed by atoms with van der Waals surface area (Å²) in [6.07, 6.45) is 19.7. The lowest BCUT2D eigenvalue weighted by molar-refractivity contribution is -0.0247. The number of fused-ring (bicyclic) bond motifs is 2. The van der Waals surface area contributed by atoms with Gasteiger partial charge in [-0.1, -0.05) is 44.9 Å². The van der Waals surface area contributed by atoms with Crippen LogP contribution in [0, 0.1) is 23.7 Å². The Morgan fingerprint density at radius 2 is 1.55 bits per heavy atom. The molecule has 0 radical (unpaired) electrons. The van der Waals surface area contributed by atoms with E-state index in [4.69, 9.17) is 4.74 Å². The van der Waals surface area contributed by atoms with Crippen molar-refractivity contribution in [3.05, 3.63) is 34.9 Å². The maximum absolute atomic E-state index is 6.19. The average molecular weight is 397 g/mol. The zero-order valence-electron chi connectivity index (χ0n) is 19.1. The molecular formula is C28H44O. The lowest BCUT2D eigenvalue weighted by Crippen LogP contribution is -2.37. The topological polar surface area (TPSA) is 9.23 Å². The molecule has 1 aromatic carbocycles. The molecule has 2 saturated carbocycles. The fourth-order valence-corrected chi connectivity index (χ4v) is 6.63. The van der Waals surface area contributed by atoms with Crippen LogP contribution in [0.5, 0.6) is 0 Å². The number of ether oxygens (including phenoxy) is 1. The van der Waals surface area contributed by atoms with E-state index in [1.54, 1.807) is 16.7 Å². The van der Waals surface area contributed by atoms with Crippen LogP contribution < -0.4 is 0 Å². The highest BCUT2D eigenvalue weighted by Crippen LogP contribution is 2.47. The third kappa shape index (κ3) is 5.46. The minimum Gasteiger partial charge on any atom is -0.378 e. The summed E-state index contributed by atoms with van der Waals surface area (Å²) in [7, 11) is 0. The Morgan fingerprint density at radius 1 is 0.793 bits per heavy atom. The summed E-state index contributed by atoms with van der Waals surface area (Å²) in [4.78, 5) is 0. The largest absolute Gasteiger partial charge is 0.378 e. The van der Waals surface area contributed by atoms with Crippen LogP contribution in [0.2, 0.25) is 0 Å². The number of hydrogen-bond donors (Lipinski definition) is 0. The molecule has 0 amide bonds. The molecule has 162 valence electrons. The standard InChI is InChI=1S/C28H44O/c1-3-5-7-21-8-9-23-18-24(11-10-22(23)17-21)25-12-13-27-20-28(29-16-6-4-2)15-14-26(27)19-25/h8-9,17,24-28H,3-7,10-16,18-20H2,1-2H3. The van der Waals surface area contributed by atoms with Crippen LogP contribution in [0.1, 0.15) is 101 Å². The van der Waals surface area contributed by atoms with E-state index >= 15 is 0 Å². The van der Waals surface area contributed by atoms with Gasteiger partial charge < -0.3 is 4.74 Å². The zero-order valence-corrected chi connectivity index (χ0v) is 19.1. The fraction of sp³-hybridized carbons (Fsp3) is 0.786. The van der Waals surface area contributed by atoms with Gasteiger partial charge in [0, 0.05) is 6.61 Å². The van der Waals surface area contributed by atoms with Crippen LogP contribution in [-0.2, 0) is 24.0 Å². The Kier molecular flexibility index (Phi) is 7.73. The van der Waals surface area contributed by atoms with E-state index in [2.05, 4.69) is 32.0 Å². The number of benzene rings is 1. The Morgan fingerprint density at radius 3 is 2.38 bits per heavy atom. The minimum absolute atomic E-state index is 0.572. The molecular weight excluding hydrogens is 352 g/mol. The van der Waals surface area contributed by atoms with Crippen LogP contribution in [0.3, 0.4) is 0 Å². The van der Waals surface area contributed by atoms with Gasteiger partial charge in [-0.15, -0.1) is 0 Å². The molecule has 2 fully saturated rings. The summed E-state index contributed by atoms with van der Waals surface area (Å²) in [5.74, 6) is 3.89. The molecule has 4 rings (SSSR count). The van der Waals surface area contributed by atoms with Gasteiger partial charge >= 0.3 is 0 Å². The predicted octanol–water partition coefficient (Wildman–Crippen LogP) is 7.54. The Labute approximate surface area is 180 Å². The van der Waals surface area contributed by atoms with Crippen molar-refractivity contribution in [1.29, 1.82) is 0 Å². The first-order valence-corrected chi connectivity index (χ1v) is 13.0. The van der Waals surface area contributed by atoms with Gasteiger partial charge in [0.25, 0.3) is 0 Å². The summed E-state index contributed by atoms with van der Waals surface area (Å²) < 4.78 is 6.19. The van der Waals surface area contributed by atoms with Gasteiger partial charge in [0.05, 0.1) is 6.10 Å². The van der Waals surface area contributed by atoms with E-state index in [-0.39, 0.29) is 0 Å². The molecule has 0 bridgehead atoms. The van der Waals surface area contributed by atoms with Crippen molar-refractivity contribution >= 4 is 0 Å². The second kappa shape index (κ2) is 10.5. The van der Waals surface area contributed by atoms with Crippen LogP contribution in [-0.4, -0.2) is 12.7 Å². The van der Waals surface area contributed by atoms with Crippen LogP contribution in [0.25, 0.3) is 0 Å². The van der Waals surface area contributed by atoms with Crippen molar-refractivity contribution in [2.24, 2.45) is 23.7 Å². The molecule has 1 aromatic rings. The van der Waals surface area contributed by atoms with Crippen LogP contribution >= 0.6 is 0 Å². The third-order valence-electron chi connectivity index (χ3n) is 8.48. The summed E-state index contributed by atoms with van der Waals surface area (Å²) >= 11 is 0. The van der Waals surface area contributed by atoms with Gasteiger partial charge in [-0.05, 0) is 117 Å². The first-order chi connectivity index (χ1) is 14.3. The molecule has 0 saturated heterocycles. The number of hydrogen-bond acceptors (Lipinski definition) is 1. The van der Waals surface area contributed by atoms with Gasteiger partial charge in [0.1, 0.15) is 0 Å². The third-order valence-corrected chi connectivity index (χ3v) is 8.48. The van der Waals surface area contributed by atoms with Crippen molar-refractivity contribution in [3.63, 3.8) is 0 Å². The Hall–Kier alpha value is -0.820. The molecule has 5 unspecified atom stereocenters. The van der Waals surface area contributed by atoms with Gasteiger partial charge in [-0.3, -0.25) is 0 Å². The average Bonchev–Trinajstić information content (AvgIpc) is 2.77. The van der Waals surface area contributed by atoms with Crippen molar-refractivity contribution in [1.82, 2.24) is 0 Å². The molecule has 3 aliphatic carbocycles. The van der Waals surface area contributed by atoms with Crippen molar-refractivity contribution < 1.29 is 4.74 Å².